The Balaban J connectivity index is 2.36. The zero-order valence-electron chi connectivity index (χ0n) is 9.61. The van der Waals surface area contributed by atoms with Crippen LogP contribution < -0.4 is 5.73 Å². The smallest absolute Gasteiger partial charge is 0.00367 e. The molecule has 0 saturated carbocycles. The molecule has 0 radical (unpaired) electrons. The normalized spacial score (nSPS) is 10.4. The molecular weight excluding hydrogens is 194 g/mol. The molecule has 1 nitrogen and oxygen atoms in total. The molecule has 0 aliphatic heterocycles. The van der Waals surface area contributed by atoms with Gasteiger partial charge >= 0.3 is 0 Å². The minimum absolute atomic E-state index is 0.706. The lowest BCUT2D eigenvalue weighted by atomic mass is 10.0. The lowest BCUT2D eigenvalue weighted by molar-refractivity contribution is 0.969. The van der Waals surface area contributed by atoms with Crippen LogP contribution in [0.15, 0.2) is 48.5 Å². The van der Waals surface area contributed by atoms with Gasteiger partial charge in [-0.15, -0.1) is 0 Å². The highest BCUT2D eigenvalue weighted by Crippen LogP contribution is 2.21. The van der Waals surface area contributed by atoms with E-state index in [-0.39, 0.29) is 0 Å². The molecule has 82 valence electrons. The zero-order chi connectivity index (χ0) is 11.4. The largest absolute Gasteiger partial charge is 0.330 e. The summed E-state index contributed by atoms with van der Waals surface area (Å²) in [6.45, 7) is 2.82. The average molecular weight is 211 g/mol. The summed E-state index contributed by atoms with van der Waals surface area (Å²) in [4.78, 5) is 0. The van der Waals surface area contributed by atoms with Crippen LogP contribution in [0.3, 0.4) is 0 Å². The second-order valence-electron chi connectivity index (χ2n) is 4.11. The molecule has 2 aromatic carbocycles. The van der Waals surface area contributed by atoms with Crippen LogP contribution in [0.1, 0.15) is 11.1 Å². The van der Waals surface area contributed by atoms with E-state index in [9.17, 15) is 0 Å². The zero-order valence-corrected chi connectivity index (χ0v) is 9.61. The molecular formula is C15H17N. The minimum atomic E-state index is 0.706. The Bertz CT molecular complexity index is 474. The van der Waals surface area contributed by atoms with Crippen molar-refractivity contribution in [2.45, 2.75) is 13.3 Å². The van der Waals surface area contributed by atoms with Crippen molar-refractivity contribution in [3.8, 4) is 11.1 Å². The van der Waals surface area contributed by atoms with Crippen molar-refractivity contribution in [2.24, 2.45) is 5.73 Å². The first-order valence-electron chi connectivity index (χ1n) is 5.65. The van der Waals surface area contributed by atoms with Crippen LogP contribution in [0.2, 0.25) is 0 Å². The molecule has 0 aliphatic rings. The third kappa shape index (κ3) is 2.50. The van der Waals surface area contributed by atoms with Crippen LogP contribution in [-0.2, 0) is 6.42 Å². The molecule has 0 fully saturated rings. The van der Waals surface area contributed by atoms with E-state index in [2.05, 4.69) is 55.5 Å². The summed E-state index contributed by atoms with van der Waals surface area (Å²) >= 11 is 0. The van der Waals surface area contributed by atoms with Crippen LogP contribution in [0.4, 0.5) is 0 Å². The standard InChI is InChI=1S/C15H17N/c1-12-4-2-6-14(10-12)15-7-3-5-13(11-15)8-9-16/h2-7,10-11H,8-9,16H2,1H3. The first-order chi connectivity index (χ1) is 7.79. The van der Waals surface area contributed by atoms with Gasteiger partial charge in [0.15, 0.2) is 0 Å². The van der Waals surface area contributed by atoms with Gasteiger partial charge in [0.1, 0.15) is 0 Å². The summed E-state index contributed by atoms with van der Waals surface area (Å²) in [5.41, 5.74) is 10.7. The van der Waals surface area contributed by atoms with Crippen LogP contribution >= 0.6 is 0 Å². The predicted octanol–water partition coefficient (Wildman–Crippen LogP) is 3.16. The van der Waals surface area contributed by atoms with Crippen LogP contribution in [0.5, 0.6) is 0 Å². The maximum atomic E-state index is 5.57. The van der Waals surface area contributed by atoms with Crippen LogP contribution in [0.25, 0.3) is 11.1 Å². The Kier molecular flexibility index (Phi) is 3.37. The Morgan fingerprint density at radius 3 is 2.31 bits per heavy atom. The molecule has 0 amide bonds. The third-order valence-corrected chi connectivity index (χ3v) is 2.71. The second kappa shape index (κ2) is 4.95. The summed E-state index contributed by atoms with van der Waals surface area (Å²) in [5, 5.41) is 0. The van der Waals surface area contributed by atoms with Crippen molar-refractivity contribution in [2.75, 3.05) is 6.54 Å². The molecule has 2 rings (SSSR count). The fraction of sp³-hybridized carbons (Fsp3) is 0.200. The van der Waals surface area contributed by atoms with E-state index in [4.69, 9.17) is 5.73 Å². The topological polar surface area (TPSA) is 26.0 Å². The van der Waals surface area contributed by atoms with E-state index < -0.39 is 0 Å². The fourth-order valence-corrected chi connectivity index (χ4v) is 1.90. The SMILES string of the molecule is Cc1cccc(-c2cccc(CCN)c2)c1. The van der Waals surface area contributed by atoms with Gasteiger partial charge in [-0.2, -0.15) is 0 Å². The Morgan fingerprint density at radius 2 is 1.62 bits per heavy atom. The van der Waals surface area contributed by atoms with Gasteiger partial charge in [0.2, 0.25) is 0 Å². The third-order valence-electron chi connectivity index (χ3n) is 2.71. The highest BCUT2D eigenvalue weighted by atomic mass is 14.5. The van der Waals surface area contributed by atoms with E-state index in [1.54, 1.807) is 0 Å². The number of rotatable bonds is 3. The Morgan fingerprint density at radius 1 is 0.938 bits per heavy atom. The lowest BCUT2D eigenvalue weighted by Crippen LogP contribution is -2.02. The van der Waals surface area contributed by atoms with E-state index in [0.29, 0.717) is 6.54 Å². The van der Waals surface area contributed by atoms with Gasteiger partial charge in [-0.3, -0.25) is 0 Å². The second-order valence-corrected chi connectivity index (χ2v) is 4.11. The van der Waals surface area contributed by atoms with E-state index in [1.165, 1.54) is 22.3 Å². The maximum Gasteiger partial charge on any atom is -0.00367 e. The highest BCUT2D eigenvalue weighted by Gasteiger charge is 1.99. The number of aryl methyl sites for hydroxylation is 1. The van der Waals surface area contributed by atoms with E-state index >= 15 is 0 Å². The maximum absolute atomic E-state index is 5.57. The minimum Gasteiger partial charge on any atom is -0.330 e. The summed E-state index contributed by atoms with van der Waals surface area (Å²) in [6, 6.07) is 17.2. The molecule has 0 atom stereocenters. The predicted molar refractivity (Wildman–Crippen MR) is 69.4 cm³/mol. The number of benzene rings is 2. The van der Waals surface area contributed by atoms with Gasteiger partial charge in [0, 0.05) is 0 Å². The molecule has 16 heavy (non-hydrogen) atoms. The lowest BCUT2D eigenvalue weighted by Gasteiger charge is -2.05. The molecule has 1 heteroatoms. The molecule has 0 bridgehead atoms. The van der Waals surface area contributed by atoms with Crippen LogP contribution in [0, 0.1) is 6.92 Å². The molecule has 0 heterocycles. The van der Waals surface area contributed by atoms with Crippen molar-refractivity contribution >= 4 is 0 Å². The van der Waals surface area contributed by atoms with Gasteiger partial charge in [-0.05, 0) is 36.6 Å². The molecule has 0 aromatic heterocycles. The van der Waals surface area contributed by atoms with Crippen molar-refractivity contribution in [3.63, 3.8) is 0 Å². The molecule has 0 saturated heterocycles. The van der Waals surface area contributed by atoms with Crippen molar-refractivity contribution in [3.05, 3.63) is 59.7 Å². The quantitative estimate of drug-likeness (QED) is 0.829. The van der Waals surface area contributed by atoms with Gasteiger partial charge in [0.05, 0.1) is 0 Å². The molecule has 0 aliphatic carbocycles. The van der Waals surface area contributed by atoms with E-state index in [0.717, 1.165) is 6.42 Å². The number of hydrogen-bond acceptors (Lipinski definition) is 1. The molecule has 0 unspecified atom stereocenters. The summed E-state index contributed by atoms with van der Waals surface area (Å²) < 4.78 is 0. The Hall–Kier alpha value is -1.60. The van der Waals surface area contributed by atoms with E-state index in [1.807, 2.05) is 0 Å². The van der Waals surface area contributed by atoms with Crippen molar-refractivity contribution < 1.29 is 0 Å². The van der Waals surface area contributed by atoms with Gasteiger partial charge in [-0.25, -0.2) is 0 Å². The molecule has 2 N–H and O–H groups in total. The summed E-state index contributed by atoms with van der Waals surface area (Å²) in [7, 11) is 0. The fourth-order valence-electron chi connectivity index (χ4n) is 1.90. The van der Waals surface area contributed by atoms with Gasteiger partial charge in [0.25, 0.3) is 0 Å². The monoisotopic (exact) mass is 211 g/mol. The average Bonchev–Trinajstić information content (AvgIpc) is 2.30. The Labute approximate surface area is 96.9 Å². The van der Waals surface area contributed by atoms with Crippen molar-refractivity contribution in [1.29, 1.82) is 0 Å². The number of hydrogen-bond donors (Lipinski definition) is 1. The molecule has 2 aromatic rings. The summed E-state index contributed by atoms with van der Waals surface area (Å²) in [6.07, 6.45) is 0.944. The van der Waals surface area contributed by atoms with Crippen LogP contribution in [-0.4, -0.2) is 6.54 Å². The number of nitrogens with two attached hydrogens (primary N) is 1. The first-order valence-corrected chi connectivity index (χ1v) is 5.65. The molecule has 0 spiro atoms. The summed E-state index contributed by atoms with van der Waals surface area (Å²) in [5.74, 6) is 0. The van der Waals surface area contributed by atoms with Crippen molar-refractivity contribution in [1.82, 2.24) is 0 Å². The highest BCUT2D eigenvalue weighted by molar-refractivity contribution is 5.64. The van der Waals surface area contributed by atoms with Gasteiger partial charge < -0.3 is 5.73 Å². The van der Waals surface area contributed by atoms with Gasteiger partial charge in [-0.1, -0.05) is 54.1 Å². The first kappa shape index (κ1) is 10.9.